The highest BCUT2D eigenvalue weighted by Crippen LogP contribution is 2.32. The lowest BCUT2D eigenvalue weighted by atomic mass is 10.0. The zero-order chi connectivity index (χ0) is 32.6. The van der Waals surface area contributed by atoms with Crippen molar-refractivity contribution in [3.8, 4) is 5.75 Å². The average molecular weight is 713 g/mol. The van der Waals surface area contributed by atoms with Gasteiger partial charge >= 0.3 is 0 Å². The Labute approximate surface area is 278 Å². The quantitative estimate of drug-likeness (QED) is 0.172. The molecule has 0 saturated carbocycles. The molecular formula is C34H35BrClN3O5S. The number of ether oxygens (including phenoxy) is 1. The van der Waals surface area contributed by atoms with Gasteiger partial charge in [0.25, 0.3) is 10.0 Å². The summed E-state index contributed by atoms with van der Waals surface area (Å²) in [6, 6.07) is 28.1. The third kappa shape index (κ3) is 8.87. The fraction of sp³-hybridized carbons (Fsp3) is 0.235. The first-order valence-electron chi connectivity index (χ1n) is 14.3. The number of hydrogen-bond acceptors (Lipinski definition) is 5. The standard InChI is InChI=1S/C34H35BrClN3O5S/c1-24(2)37-34(41)31(20-25-10-6-4-7-11-25)38(22-26-14-16-27(35)17-15-26)33(40)23-39(28-18-19-32(44-3)30(36)21-28)45(42,43)29-12-8-5-9-13-29/h4-19,21,24,31H,20,22-23H2,1-3H3,(H,37,41)/t31-/m1/s1. The summed E-state index contributed by atoms with van der Waals surface area (Å²) in [6.07, 6.45) is 0.224. The van der Waals surface area contributed by atoms with E-state index >= 15 is 0 Å². The van der Waals surface area contributed by atoms with Gasteiger partial charge in [-0.15, -0.1) is 0 Å². The highest BCUT2D eigenvalue weighted by molar-refractivity contribution is 9.10. The summed E-state index contributed by atoms with van der Waals surface area (Å²) in [7, 11) is -2.79. The van der Waals surface area contributed by atoms with Crippen molar-refractivity contribution >= 4 is 55.1 Å². The normalized spacial score (nSPS) is 12.0. The number of sulfonamides is 1. The Morgan fingerprint density at radius 2 is 1.51 bits per heavy atom. The molecule has 4 aromatic carbocycles. The third-order valence-electron chi connectivity index (χ3n) is 7.00. The molecule has 0 fully saturated rings. The summed E-state index contributed by atoms with van der Waals surface area (Å²) in [6.45, 7) is 3.17. The van der Waals surface area contributed by atoms with E-state index in [2.05, 4.69) is 21.2 Å². The van der Waals surface area contributed by atoms with Gasteiger partial charge in [-0.05, 0) is 67.4 Å². The average Bonchev–Trinajstić information content (AvgIpc) is 3.02. The van der Waals surface area contributed by atoms with Gasteiger partial charge in [0.05, 0.1) is 22.7 Å². The summed E-state index contributed by atoms with van der Waals surface area (Å²) >= 11 is 9.87. The molecule has 0 aliphatic heterocycles. The van der Waals surface area contributed by atoms with Crippen molar-refractivity contribution in [2.24, 2.45) is 0 Å². The number of carbonyl (C=O) groups is 2. The minimum Gasteiger partial charge on any atom is -0.495 e. The molecule has 0 heterocycles. The maximum atomic E-state index is 14.5. The van der Waals surface area contributed by atoms with Gasteiger partial charge in [-0.2, -0.15) is 0 Å². The van der Waals surface area contributed by atoms with Crippen molar-refractivity contribution < 1.29 is 22.7 Å². The molecule has 0 aliphatic carbocycles. The van der Waals surface area contributed by atoms with Gasteiger partial charge in [0.2, 0.25) is 11.8 Å². The zero-order valence-corrected chi connectivity index (χ0v) is 28.3. The molecule has 0 radical (unpaired) electrons. The molecular weight excluding hydrogens is 678 g/mol. The molecule has 2 amide bonds. The van der Waals surface area contributed by atoms with E-state index in [0.717, 1.165) is 19.9 Å². The molecule has 11 heteroatoms. The minimum absolute atomic E-state index is 0.00239. The van der Waals surface area contributed by atoms with Crippen molar-refractivity contribution in [1.82, 2.24) is 10.2 Å². The highest BCUT2D eigenvalue weighted by Gasteiger charge is 2.35. The second-order valence-electron chi connectivity index (χ2n) is 10.7. The number of methoxy groups -OCH3 is 1. The number of hydrogen-bond donors (Lipinski definition) is 1. The van der Waals surface area contributed by atoms with Gasteiger partial charge in [-0.25, -0.2) is 8.42 Å². The third-order valence-corrected chi connectivity index (χ3v) is 9.61. The predicted octanol–water partition coefficient (Wildman–Crippen LogP) is 6.47. The SMILES string of the molecule is COc1ccc(N(CC(=O)N(Cc2ccc(Br)cc2)[C@H](Cc2ccccc2)C(=O)NC(C)C)S(=O)(=O)c2ccccc2)cc1Cl. The monoisotopic (exact) mass is 711 g/mol. The van der Waals surface area contributed by atoms with E-state index in [9.17, 15) is 18.0 Å². The van der Waals surface area contributed by atoms with Crippen LogP contribution in [-0.2, 0) is 32.6 Å². The van der Waals surface area contributed by atoms with Crippen LogP contribution < -0.4 is 14.4 Å². The molecule has 0 spiro atoms. The summed E-state index contributed by atoms with van der Waals surface area (Å²) in [5.41, 5.74) is 1.80. The fourth-order valence-corrected chi connectivity index (χ4v) is 6.72. The maximum absolute atomic E-state index is 14.5. The number of amides is 2. The van der Waals surface area contributed by atoms with E-state index in [1.54, 1.807) is 24.3 Å². The van der Waals surface area contributed by atoms with Crippen LogP contribution in [0.1, 0.15) is 25.0 Å². The Morgan fingerprint density at radius 3 is 2.09 bits per heavy atom. The summed E-state index contributed by atoms with van der Waals surface area (Å²) < 4.78 is 35.3. The van der Waals surface area contributed by atoms with Crippen LogP contribution in [0.4, 0.5) is 5.69 Å². The molecule has 0 saturated heterocycles. The Balaban J connectivity index is 1.82. The van der Waals surface area contributed by atoms with Crippen molar-refractivity contribution in [2.75, 3.05) is 18.0 Å². The largest absolute Gasteiger partial charge is 0.495 e. The van der Waals surface area contributed by atoms with E-state index in [1.807, 2.05) is 68.4 Å². The lowest BCUT2D eigenvalue weighted by Crippen LogP contribution is -2.54. The summed E-state index contributed by atoms with van der Waals surface area (Å²) in [4.78, 5) is 29.7. The lowest BCUT2D eigenvalue weighted by Gasteiger charge is -2.34. The number of rotatable bonds is 13. The fourth-order valence-electron chi connectivity index (χ4n) is 4.78. The Hall–Kier alpha value is -3.86. The van der Waals surface area contributed by atoms with Crippen LogP contribution in [0.5, 0.6) is 5.75 Å². The molecule has 0 bridgehead atoms. The van der Waals surface area contributed by atoms with Crippen LogP contribution in [0.3, 0.4) is 0 Å². The Bertz CT molecular complexity index is 1710. The number of anilines is 1. The number of nitrogens with zero attached hydrogens (tertiary/aromatic N) is 2. The topological polar surface area (TPSA) is 96.0 Å². The van der Waals surface area contributed by atoms with Crippen LogP contribution in [0.25, 0.3) is 0 Å². The Morgan fingerprint density at radius 1 is 0.889 bits per heavy atom. The van der Waals surface area contributed by atoms with E-state index in [4.69, 9.17) is 16.3 Å². The maximum Gasteiger partial charge on any atom is 0.264 e. The molecule has 1 atom stereocenters. The van der Waals surface area contributed by atoms with Crippen molar-refractivity contribution in [3.63, 3.8) is 0 Å². The molecule has 236 valence electrons. The molecule has 4 rings (SSSR count). The second kappa shape index (κ2) is 15.4. The molecule has 0 aliphatic rings. The van der Waals surface area contributed by atoms with Crippen molar-refractivity contribution in [2.45, 2.75) is 43.8 Å². The number of nitrogens with one attached hydrogen (secondary N) is 1. The van der Waals surface area contributed by atoms with Crippen molar-refractivity contribution in [3.05, 3.63) is 124 Å². The summed E-state index contributed by atoms with van der Waals surface area (Å²) in [5.74, 6) is -0.553. The molecule has 45 heavy (non-hydrogen) atoms. The number of benzene rings is 4. The van der Waals surface area contributed by atoms with E-state index in [1.165, 1.54) is 36.3 Å². The van der Waals surface area contributed by atoms with Crippen LogP contribution >= 0.6 is 27.5 Å². The van der Waals surface area contributed by atoms with Crippen LogP contribution in [0, 0.1) is 0 Å². The van der Waals surface area contributed by atoms with Crippen LogP contribution in [0.15, 0.2) is 112 Å². The second-order valence-corrected chi connectivity index (χ2v) is 13.8. The molecule has 1 N–H and O–H groups in total. The lowest BCUT2D eigenvalue weighted by molar-refractivity contribution is -0.140. The zero-order valence-electron chi connectivity index (χ0n) is 25.2. The minimum atomic E-state index is -4.24. The van der Waals surface area contributed by atoms with Crippen LogP contribution in [0.2, 0.25) is 5.02 Å². The summed E-state index contributed by atoms with van der Waals surface area (Å²) in [5, 5.41) is 3.13. The number of halogens is 2. The molecule has 0 unspecified atom stereocenters. The highest BCUT2D eigenvalue weighted by atomic mass is 79.9. The number of carbonyl (C=O) groups excluding carboxylic acids is 2. The smallest absolute Gasteiger partial charge is 0.264 e. The molecule has 0 aromatic heterocycles. The van der Waals surface area contributed by atoms with Gasteiger partial charge in [0, 0.05) is 23.5 Å². The van der Waals surface area contributed by atoms with Gasteiger partial charge < -0.3 is 15.0 Å². The van der Waals surface area contributed by atoms with Gasteiger partial charge in [0.1, 0.15) is 18.3 Å². The molecule has 4 aromatic rings. The first kappa shape index (κ1) is 34.0. The first-order valence-corrected chi connectivity index (χ1v) is 16.9. The van der Waals surface area contributed by atoms with Crippen molar-refractivity contribution in [1.29, 1.82) is 0 Å². The van der Waals surface area contributed by atoms with E-state index in [-0.39, 0.29) is 40.5 Å². The Kier molecular flexibility index (Phi) is 11.7. The predicted molar refractivity (Wildman–Crippen MR) is 181 cm³/mol. The van der Waals surface area contributed by atoms with Gasteiger partial charge in [-0.3, -0.25) is 13.9 Å². The first-order chi connectivity index (χ1) is 21.5. The van der Waals surface area contributed by atoms with Gasteiger partial charge in [0.15, 0.2) is 0 Å². The molecule has 8 nitrogen and oxygen atoms in total. The van der Waals surface area contributed by atoms with E-state index in [0.29, 0.717) is 5.75 Å². The van der Waals surface area contributed by atoms with Crippen LogP contribution in [-0.4, -0.2) is 50.9 Å². The van der Waals surface area contributed by atoms with Gasteiger partial charge in [-0.1, -0.05) is 88.2 Å². The van der Waals surface area contributed by atoms with E-state index < -0.39 is 28.5 Å².